The van der Waals surface area contributed by atoms with Crippen LogP contribution in [-0.2, 0) is 14.6 Å². The van der Waals surface area contributed by atoms with Crippen LogP contribution in [0.2, 0.25) is 0 Å². The van der Waals surface area contributed by atoms with Gasteiger partial charge in [0.1, 0.15) is 6.61 Å². The largest absolute Gasteiger partial charge is 0.500 e. The van der Waals surface area contributed by atoms with Gasteiger partial charge in [0.05, 0.1) is 17.3 Å². The van der Waals surface area contributed by atoms with E-state index >= 15 is 0 Å². The standard InChI is InChI=1S/C9H16O3S/c1-8(2)6-12-7-9-4-3-5-13(9,10)11/h6,9H,3-5,7H2,1-2H3. The van der Waals surface area contributed by atoms with Gasteiger partial charge in [0.15, 0.2) is 9.84 Å². The van der Waals surface area contributed by atoms with E-state index in [1.54, 1.807) is 6.26 Å². The second-order valence-electron chi connectivity index (χ2n) is 3.66. The predicted octanol–water partition coefficient (Wildman–Crippen LogP) is 1.50. The molecule has 3 nitrogen and oxygen atoms in total. The lowest BCUT2D eigenvalue weighted by Gasteiger charge is -2.08. The zero-order chi connectivity index (χ0) is 9.90. The van der Waals surface area contributed by atoms with Crippen LogP contribution in [0.15, 0.2) is 11.8 Å². The minimum Gasteiger partial charge on any atom is -0.500 e. The van der Waals surface area contributed by atoms with Crippen LogP contribution in [0, 0.1) is 0 Å². The van der Waals surface area contributed by atoms with Crippen molar-refractivity contribution in [2.75, 3.05) is 12.4 Å². The molecule has 76 valence electrons. The highest BCUT2D eigenvalue weighted by Gasteiger charge is 2.31. The Morgan fingerprint density at radius 2 is 2.23 bits per heavy atom. The molecule has 0 aromatic rings. The van der Waals surface area contributed by atoms with Gasteiger partial charge in [0.25, 0.3) is 0 Å². The molecule has 0 spiro atoms. The molecular weight excluding hydrogens is 188 g/mol. The fourth-order valence-corrected chi connectivity index (χ4v) is 3.08. The van der Waals surface area contributed by atoms with Crippen molar-refractivity contribution in [3.05, 3.63) is 11.8 Å². The quantitative estimate of drug-likeness (QED) is 0.654. The third-order valence-corrected chi connectivity index (χ3v) is 4.31. The van der Waals surface area contributed by atoms with Gasteiger partial charge in [-0.05, 0) is 32.3 Å². The monoisotopic (exact) mass is 204 g/mol. The Kier molecular flexibility index (Phi) is 3.36. The van der Waals surface area contributed by atoms with Crippen molar-refractivity contribution in [2.45, 2.75) is 31.9 Å². The van der Waals surface area contributed by atoms with Crippen LogP contribution in [0.5, 0.6) is 0 Å². The van der Waals surface area contributed by atoms with Gasteiger partial charge in [0, 0.05) is 0 Å². The summed E-state index contributed by atoms with van der Waals surface area (Å²) in [4.78, 5) is 0. The van der Waals surface area contributed by atoms with Gasteiger partial charge in [-0.15, -0.1) is 0 Å². The summed E-state index contributed by atoms with van der Waals surface area (Å²) < 4.78 is 27.8. The smallest absolute Gasteiger partial charge is 0.156 e. The van der Waals surface area contributed by atoms with Gasteiger partial charge >= 0.3 is 0 Å². The normalized spacial score (nSPS) is 25.5. The van der Waals surface area contributed by atoms with Crippen LogP contribution in [0.1, 0.15) is 26.7 Å². The summed E-state index contributed by atoms with van der Waals surface area (Å²) >= 11 is 0. The minimum absolute atomic E-state index is 0.275. The van der Waals surface area contributed by atoms with E-state index < -0.39 is 9.84 Å². The molecule has 4 heteroatoms. The summed E-state index contributed by atoms with van der Waals surface area (Å²) in [5, 5.41) is -0.275. The fraction of sp³-hybridized carbons (Fsp3) is 0.778. The van der Waals surface area contributed by atoms with E-state index in [-0.39, 0.29) is 5.25 Å². The maximum Gasteiger partial charge on any atom is 0.156 e. The molecule has 0 bridgehead atoms. The second-order valence-corrected chi connectivity index (χ2v) is 6.06. The minimum atomic E-state index is -2.84. The predicted molar refractivity (Wildman–Crippen MR) is 52.2 cm³/mol. The van der Waals surface area contributed by atoms with E-state index in [0.717, 1.165) is 18.4 Å². The third kappa shape index (κ3) is 3.03. The molecule has 1 heterocycles. The van der Waals surface area contributed by atoms with Gasteiger partial charge in [-0.25, -0.2) is 8.42 Å². The highest BCUT2D eigenvalue weighted by Crippen LogP contribution is 2.20. The first-order chi connectivity index (χ1) is 6.02. The molecule has 0 aromatic heterocycles. The highest BCUT2D eigenvalue weighted by molar-refractivity contribution is 7.92. The average Bonchev–Trinajstić information content (AvgIpc) is 2.30. The maximum atomic E-state index is 11.3. The SMILES string of the molecule is CC(C)=COCC1CCCS1(=O)=O. The molecule has 1 atom stereocenters. The number of rotatable bonds is 3. The summed E-state index contributed by atoms with van der Waals surface area (Å²) in [5.74, 6) is 0.329. The van der Waals surface area contributed by atoms with E-state index in [1.807, 2.05) is 13.8 Å². The number of hydrogen-bond donors (Lipinski definition) is 0. The Labute approximate surface area is 79.7 Å². The lowest BCUT2D eigenvalue weighted by atomic mass is 10.3. The molecule has 1 saturated heterocycles. The molecule has 1 aliphatic rings. The van der Waals surface area contributed by atoms with E-state index in [1.165, 1.54) is 0 Å². The number of sulfone groups is 1. The fourth-order valence-electron chi connectivity index (χ4n) is 1.37. The Morgan fingerprint density at radius 1 is 1.54 bits per heavy atom. The van der Waals surface area contributed by atoms with E-state index in [4.69, 9.17) is 4.74 Å². The third-order valence-electron chi connectivity index (χ3n) is 2.06. The van der Waals surface area contributed by atoms with Crippen LogP contribution in [0.3, 0.4) is 0 Å². The topological polar surface area (TPSA) is 43.4 Å². The molecule has 0 saturated carbocycles. The van der Waals surface area contributed by atoms with Crippen LogP contribution in [0.25, 0.3) is 0 Å². The Hall–Kier alpha value is -0.510. The van der Waals surface area contributed by atoms with Crippen LogP contribution < -0.4 is 0 Å². The summed E-state index contributed by atoms with van der Waals surface area (Å²) in [7, 11) is -2.84. The molecule has 13 heavy (non-hydrogen) atoms. The van der Waals surface area contributed by atoms with E-state index in [0.29, 0.717) is 12.4 Å². The van der Waals surface area contributed by atoms with Gasteiger partial charge in [-0.3, -0.25) is 0 Å². The molecule has 0 aliphatic carbocycles. The van der Waals surface area contributed by atoms with Gasteiger partial charge in [-0.1, -0.05) is 0 Å². The molecular formula is C9H16O3S. The first-order valence-electron chi connectivity index (χ1n) is 4.49. The molecule has 0 aromatic carbocycles. The molecule has 1 fully saturated rings. The van der Waals surface area contributed by atoms with Gasteiger partial charge in [0.2, 0.25) is 0 Å². The zero-order valence-corrected chi connectivity index (χ0v) is 8.93. The van der Waals surface area contributed by atoms with Crippen LogP contribution >= 0.6 is 0 Å². The van der Waals surface area contributed by atoms with Gasteiger partial charge < -0.3 is 4.74 Å². The summed E-state index contributed by atoms with van der Waals surface area (Å²) in [5.41, 5.74) is 1.05. The van der Waals surface area contributed by atoms with Crippen LogP contribution in [-0.4, -0.2) is 26.0 Å². The van der Waals surface area contributed by atoms with Crippen LogP contribution in [0.4, 0.5) is 0 Å². The maximum absolute atomic E-state index is 11.3. The number of ether oxygens (including phenoxy) is 1. The van der Waals surface area contributed by atoms with Crippen molar-refractivity contribution in [3.8, 4) is 0 Å². The van der Waals surface area contributed by atoms with Crippen molar-refractivity contribution in [1.29, 1.82) is 0 Å². The van der Waals surface area contributed by atoms with E-state index in [2.05, 4.69) is 0 Å². The molecule has 1 aliphatic heterocycles. The zero-order valence-electron chi connectivity index (χ0n) is 8.12. The molecule has 1 unspecified atom stereocenters. The van der Waals surface area contributed by atoms with Crippen molar-refractivity contribution in [1.82, 2.24) is 0 Å². The van der Waals surface area contributed by atoms with Crippen molar-refractivity contribution >= 4 is 9.84 Å². The number of allylic oxidation sites excluding steroid dienone is 1. The summed E-state index contributed by atoms with van der Waals surface area (Å²) in [6.45, 7) is 4.15. The Balaban J connectivity index is 2.42. The Morgan fingerprint density at radius 3 is 2.69 bits per heavy atom. The Bertz CT molecular complexity index is 286. The van der Waals surface area contributed by atoms with Crippen molar-refractivity contribution in [2.24, 2.45) is 0 Å². The summed E-state index contributed by atoms with van der Waals surface area (Å²) in [6.07, 6.45) is 3.15. The van der Waals surface area contributed by atoms with Crippen molar-refractivity contribution in [3.63, 3.8) is 0 Å². The van der Waals surface area contributed by atoms with Crippen molar-refractivity contribution < 1.29 is 13.2 Å². The number of hydrogen-bond acceptors (Lipinski definition) is 3. The lowest BCUT2D eigenvalue weighted by Crippen LogP contribution is -2.20. The molecule has 0 radical (unpaired) electrons. The average molecular weight is 204 g/mol. The first-order valence-corrected chi connectivity index (χ1v) is 6.20. The second kappa shape index (κ2) is 4.13. The van der Waals surface area contributed by atoms with E-state index in [9.17, 15) is 8.42 Å². The molecule has 1 rings (SSSR count). The summed E-state index contributed by atoms with van der Waals surface area (Å²) in [6, 6.07) is 0. The first kappa shape index (κ1) is 10.6. The lowest BCUT2D eigenvalue weighted by molar-refractivity contribution is 0.243. The molecule has 0 amide bonds. The molecule has 0 N–H and O–H groups in total. The van der Waals surface area contributed by atoms with Gasteiger partial charge in [-0.2, -0.15) is 0 Å². The highest BCUT2D eigenvalue weighted by atomic mass is 32.2.